The van der Waals surface area contributed by atoms with Crippen molar-refractivity contribution in [2.75, 3.05) is 13.2 Å². The van der Waals surface area contributed by atoms with Crippen LogP contribution in [0.5, 0.6) is 0 Å². The molecule has 1 heterocycles. The van der Waals surface area contributed by atoms with Gasteiger partial charge in [0.2, 0.25) is 0 Å². The van der Waals surface area contributed by atoms with E-state index in [0.29, 0.717) is 18.1 Å². The Kier molecular flexibility index (Phi) is 5.04. The van der Waals surface area contributed by atoms with Crippen LogP contribution in [0.15, 0.2) is 24.3 Å². The third-order valence-electron chi connectivity index (χ3n) is 3.68. The molecule has 1 aromatic carbocycles. The fourth-order valence-corrected chi connectivity index (χ4v) is 2.80. The highest BCUT2D eigenvalue weighted by Gasteiger charge is 2.31. The van der Waals surface area contributed by atoms with E-state index < -0.39 is 0 Å². The van der Waals surface area contributed by atoms with Crippen molar-refractivity contribution in [2.24, 2.45) is 5.92 Å². The Morgan fingerprint density at radius 2 is 2.11 bits per heavy atom. The molecule has 0 radical (unpaired) electrons. The molecule has 3 atom stereocenters. The Hall–Kier alpha value is -0.570. The highest BCUT2D eigenvalue weighted by Crippen LogP contribution is 2.25. The van der Waals surface area contributed by atoms with Crippen LogP contribution in [0.2, 0.25) is 5.02 Å². The van der Waals surface area contributed by atoms with Crippen molar-refractivity contribution in [3.8, 4) is 0 Å². The largest absolute Gasteiger partial charge is 0.376 e. The first kappa shape index (κ1) is 13.9. The van der Waals surface area contributed by atoms with Crippen molar-refractivity contribution in [2.45, 2.75) is 38.8 Å². The number of hydrogen-bond acceptors (Lipinski definition) is 2. The van der Waals surface area contributed by atoms with E-state index in [2.05, 4.69) is 31.3 Å². The summed E-state index contributed by atoms with van der Waals surface area (Å²) >= 11 is 5.92. The Morgan fingerprint density at radius 3 is 2.67 bits per heavy atom. The Labute approximate surface area is 115 Å². The molecule has 0 aliphatic carbocycles. The second kappa shape index (κ2) is 6.55. The molecule has 1 aliphatic rings. The fourth-order valence-electron chi connectivity index (χ4n) is 2.67. The van der Waals surface area contributed by atoms with Crippen molar-refractivity contribution in [1.82, 2.24) is 5.32 Å². The van der Waals surface area contributed by atoms with Gasteiger partial charge in [0.05, 0.1) is 6.10 Å². The van der Waals surface area contributed by atoms with Crippen LogP contribution in [0.4, 0.5) is 0 Å². The number of halogens is 1. The standard InChI is InChI=1S/C15H22ClNO/c1-3-17-14(15-11(2)8-9-18-15)10-12-4-6-13(16)7-5-12/h4-7,11,14-15,17H,3,8-10H2,1-2H3. The number of benzene rings is 1. The SMILES string of the molecule is CCNC(Cc1ccc(Cl)cc1)C1OCCC1C. The zero-order valence-electron chi connectivity index (χ0n) is 11.2. The van der Waals surface area contributed by atoms with E-state index >= 15 is 0 Å². The second-order valence-corrected chi connectivity index (χ2v) is 5.53. The number of hydrogen-bond donors (Lipinski definition) is 1. The summed E-state index contributed by atoms with van der Waals surface area (Å²) in [5.74, 6) is 0.640. The zero-order valence-corrected chi connectivity index (χ0v) is 11.9. The quantitative estimate of drug-likeness (QED) is 0.884. The van der Waals surface area contributed by atoms with Crippen molar-refractivity contribution in [3.63, 3.8) is 0 Å². The summed E-state index contributed by atoms with van der Waals surface area (Å²) in [6, 6.07) is 8.52. The first-order valence-electron chi connectivity index (χ1n) is 6.80. The van der Waals surface area contributed by atoms with E-state index in [-0.39, 0.29) is 0 Å². The van der Waals surface area contributed by atoms with Crippen molar-refractivity contribution in [1.29, 1.82) is 0 Å². The molecule has 0 spiro atoms. The van der Waals surface area contributed by atoms with Crippen LogP contribution in [0, 0.1) is 5.92 Å². The van der Waals surface area contributed by atoms with E-state index in [9.17, 15) is 0 Å². The lowest BCUT2D eigenvalue weighted by Gasteiger charge is -2.27. The number of likely N-dealkylation sites (N-methyl/N-ethyl adjacent to an activating group) is 1. The maximum Gasteiger partial charge on any atom is 0.0757 e. The first-order valence-corrected chi connectivity index (χ1v) is 7.18. The predicted molar refractivity (Wildman–Crippen MR) is 76.1 cm³/mol. The first-order chi connectivity index (χ1) is 8.70. The Morgan fingerprint density at radius 1 is 1.39 bits per heavy atom. The van der Waals surface area contributed by atoms with Gasteiger partial charge in [0, 0.05) is 17.7 Å². The highest BCUT2D eigenvalue weighted by atomic mass is 35.5. The summed E-state index contributed by atoms with van der Waals surface area (Å²) in [4.78, 5) is 0. The van der Waals surface area contributed by atoms with Crippen LogP contribution < -0.4 is 5.32 Å². The molecule has 1 N–H and O–H groups in total. The molecule has 0 amide bonds. The molecule has 0 aromatic heterocycles. The fraction of sp³-hybridized carbons (Fsp3) is 0.600. The van der Waals surface area contributed by atoms with Crippen molar-refractivity contribution < 1.29 is 4.74 Å². The van der Waals surface area contributed by atoms with Crippen molar-refractivity contribution >= 4 is 11.6 Å². The lowest BCUT2D eigenvalue weighted by Crippen LogP contribution is -2.43. The van der Waals surface area contributed by atoms with Crippen LogP contribution in [0.1, 0.15) is 25.8 Å². The highest BCUT2D eigenvalue weighted by molar-refractivity contribution is 6.30. The van der Waals surface area contributed by atoms with E-state index in [1.807, 2.05) is 12.1 Å². The molecule has 2 nitrogen and oxygen atoms in total. The summed E-state index contributed by atoms with van der Waals surface area (Å²) in [5, 5.41) is 4.36. The van der Waals surface area contributed by atoms with Crippen LogP contribution >= 0.6 is 11.6 Å². The van der Waals surface area contributed by atoms with Gasteiger partial charge in [-0.3, -0.25) is 0 Å². The topological polar surface area (TPSA) is 21.3 Å². The Bertz CT molecular complexity index is 365. The van der Waals surface area contributed by atoms with E-state index in [1.165, 1.54) is 12.0 Å². The van der Waals surface area contributed by atoms with Gasteiger partial charge in [-0.1, -0.05) is 37.6 Å². The molecule has 1 aromatic rings. The van der Waals surface area contributed by atoms with E-state index in [4.69, 9.17) is 16.3 Å². The van der Waals surface area contributed by atoms with Gasteiger partial charge in [-0.2, -0.15) is 0 Å². The minimum absolute atomic E-state index is 0.334. The molecular formula is C15H22ClNO. The molecule has 0 bridgehead atoms. The van der Waals surface area contributed by atoms with Crippen molar-refractivity contribution in [3.05, 3.63) is 34.9 Å². The molecule has 1 saturated heterocycles. The molecule has 3 unspecified atom stereocenters. The van der Waals surface area contributed by atoms with Gasteiger partial charge in [-0.15, -0.1) is 0 Å². The number of nitrogens with one attached hydrogen (secondary N) is 1. The molecule has 3 heteroatoms. The van der Waals surface area contributed by atoms with Gasteiger partial charge in [0.1, 0.15) is 0 Å². The van der Waals surface area contributed by atoms with Gasteiger partial charge < -0.3 is 10.1 Å². The summed E-state index contributed by atoms with van der Waals surface area (Å²) in [6.07, 6.45) is 2.51. The summed E-state index contributed by atoms with van der Waals surface area (Å²) in [7, 11) is 0. The monoisotopic (exact) mass is 267 g/mol. The summed E-state index contributed by atoms with van der Waals surface area (Å²) < 4.78 is 5.89. The van der Waals surface area contributed by atoms with Gasteiger partial charge >= 0.3 is 0 Å². The lowest BCUT2D eigenvalue weighted by atomic mass is 9.93. The minimum atomic E-state index is 0.334. The number of ether oxygens (including phenoxy) is 1. The van der Waals surface area contributed by atoms with Gasteiger partial charge in [0.25, 0.3) is 0 Å². The third-order valence-corrected chi connectivity index (χ3v) is 3.93. The maximum atomic E-state index is 5.92. The molecule has 100 valence electrons. The second-order valence-electron chi connectivity index (χ2n) is 5.10. The molecule has 2 rings (SSSR count). The van der Waals surface area contributed by atoms with E-state index in [0.717, 1.165) is 24.6 Å². The minimum Gasteiger partial charge on any atom is -0.376 e. The Balaban J connectivity index is 2.03. The molecule has 1 fully saturated rings. The molecular weight excluding hydrogens is 246 g/mol. The van der Waals surface area contributed by atoms with Gasteiger partial charge in [0.15, 0.2) is 0 Å². The normalized spacial score (nSPS) is 25.3. The van der Waals surface area contributed by atoms with Gasteiger partial charge in [-0.25, -0.2) is 0 Å². The molecule has 0 saturated carbocycles. The van der Waals surface area contributed by atoms with Crippen LogP contribution in [0.25, 0.3) is 0 Å². The summed E-state index contributed by atoms with van der Waals surface area (Å²) in [5.41, 5.74) is 1.31. The lowest BCUT2D eigenvalue weighted by molar-refractivity contribution is 0.0615. The van der Waals surface area contributed by atoms with Crippen LogP contribution in [-0.4, -0.2) is 25.3 Å². The van der Waals surface area contributed by atoms with E-state index in [1.54, 1.807) is 0 Å². The average Bonchev–Trinajstić information content (AvgIpc) is 2.78. The summed E-state index contributed by atoms with van der Waals surface area (Å²) in [6.45, 7) is 6.30. The van der Waals surface area contributed by atoms with Crippen LogP contribution in [-0.2, 0) is 11.2 Å². The maximum absolute atomic E-state index is 5.92. The molecule has 1 aliphatic heterocycles. The smallest absolute Gasteiger partial charge is 0.0757 e. The number of rotatable bonds is 5. The third kappa shape index (κ3) is 3.47. The molecule has 18 heavy (non-hydrogen) atoms. The van der Waals surface area contributed by atoms with Gasteiger partial charge in [-0.05, 0) is 43.0 Å². The average molecular weight is 268 g/mol. The predicted octanol–water partition coefficient (Wildman–Crippen LogP) is 3.29. The zero-order chi connectivity index (χ0) is 13.0. The van der Waals surface area contributed by atoms with Crippen LogP contribution in [0.3, 0.4) is 0 Å².